The van der Waals surface area contributed by atoms with Crippen molar-refractivity contribution in [2.24, 2.45) is 5.92 Å². The molecule has 4 nitrogen and oxygen atoms in total. The summed E-state index contributed by atoms with van der Waals surface area (Å²) < 4.78 is 23.2. The van der Waals surface area contributed by atoms with E-state index in [2.05, 4.69) is 28.0 Å². The van der Waals surface area contributed by atoms with Gasteiger partial charge in [0.2, 0.25) is 0 Å². The molecule has 0 radical (unpaired) electrons. The summed E-state index contributed by atoms with van der Waals surface area (Å²) in [5.41, 5.74) is 1.11. The van der Waals surface area contributed by atoms with Crippen LogP contribution in [0.2, 0.25) is 5.02 Å². The predicted octanol–water partition coefficient (Wildman–Crippen LogP) is 4.01. The van der Waals surface area contributed by atoms with Crippen LogP contribution in [0.25, 0.3) is 10.4 Å². The van der Waals surface area contributed by atoms with Crippen molar-refractivity contribution in [2.75, 3.05) is 44.2 Å². The molecule has 2 fully saturated rings. The van der Waals surface area contributed by atoms with Crippen LogP contribution >= 0.6 is 22.9 Å². The van der Waals surface area contributed by atoms with Crippen LogP contribution in [0.4, 0.5) is 0 Å². The van der Waals surface area contributed by atoms with E-state index in [9.17, 15) is 8.42 Å². The number of benzene rings is 1. The number of piperazine rings is 1. The quantitative estimate of drug-likeness (QED) is 0.707. The van der Waals surface area contributed by atoms with Crippen molar-refractivity contribution in [3.8, 4) is 10.4 Å². The second-order valence-electron chi connectivity index (χ2n) is 7.92. The van der Waals surface area contributed by atoms with E-state index in [0.717, 1.165) is 62.7 Å². The van der Waals surface area contributed by atoms with E-state index in [4.69, 9.17) is 11.6 Å². The molecule has 0 saturated carbocycles. The summed E-state index contributed by atoms with van der Waals surface area (Å²) >= 11 is 8.16. The van der Waals surface area contributed by atoms with Gasteiger partial charge in [0.25, 0.3) is 0 Å². The minimum atomic E-state index is -2.75. The van der Waals surface area contributed by atoms with Crippen LogP contribution in [0.15, 0.2) is 36.4 Å². The minimum Gasteiger partial charge on any atom is -0.301 e. The number of hydrogen-bond acceptors (Lipinski definition) is 5. The summed E-state index contributed by atoms with van der Waals surface area (Å²) in [5, 5.41) is 0.806. The molecule has 28 heavy (non-hydrogen) atoms. The fourth-order valence-corrected chi connectivity index (χ4v) is 7.08. The van der Waals surface area contributed by atoms with Gasteiger partial charge in [0.05, 0.1) is 11.5 Å². The van der Waals surface area contributed by atoms with Gasteiger partial charge >= 0.3 is 0 Å². The van der Waals surface area contributed by atoms with Crippen LogP contribution in [0.1, 0.15) is 17.7 Å². The Morgan fingerprint density at radius 2 is 1.64 bits per heavy atom. The van der Waals surface area contributed by atoms with E-state index in [-0.39, 0.29) is 0 Å². The first-order chi connectivity index (χ1) is 13.5. The zero-order valence-corrected chi connectivity index (χ0v) is 18.4. The molecule has 0 aliphatic carbocycles. The summed E-state index contributed by atoms with van der Waals surface area (Å²) in [6, 6.07) is 12.4. The molecular weight excluding hydrogens is 412 g/mol. The van der Waals surface area contributed by atoms with Crippen LogP contribution < -0.4 is 0 Å². The van der Waals surface area contributed by atoms with Gasteiger partial charge in [-0.05, 0) is 37.0 Å². The summed E-state index contributed by atoms with van der Waals surface area (Å²) in [4.78, 5) is 7.64. The van der Waals surface area contributed by atoms with E-state index in [1.807, 2.05) is 29.5 Å². The monoisotopic (exact) mass is 438 g/mol. The highest BCUT2D eigenvalue weighted by Crippen LogP contribution is 2.33. The van der Waals surface area contributed by atoms with Crippen LogP contribution in [-0.4, -0.2) is 62.4 Å². The van der Waals surface area contributed by atoms with Crippen LogP contribution in [0.5, 0.6) is 0 Å². The summed E-state index contributed by atoms with van der Waals surface area (Å²) in [6.45, 7) is 6.34. The Morgan fingerprint density at radius 3 is 2.36 bits per heavy atom. The number of rotatable bonds is 5. The van der Waals surface area contributed by atoms with Gasteiger partial charge in [0.1, 0.15) is 9.84 Å². The van der Waals surface area contributed by atoms with E-state index in [0.29, 0.717) is 17.4 Å². The standard InChI is InChI=1S/C21H27ClN2O2S2/c22-20-4-2-1-3-19(20)21-6-5-18(27-21)16-24-11-9-23(10-12-24)15-17-7-13-28(25,26)14-8-17/h1-6,17H,7-16H2. The maximum Gasteiger partial charge on any atom is 0.150 e. The van der Waals surface area contributed by atoms with E-state index < -0.39 is 9.84 Å². The molecule has 4 rings (SSSR count). The van der Waals surface area contributed by atoms with Gasteiger partial charge in [-0.15, -0.1) is 11.3 Å². The van der Waals surface area contributed by atoms with E-state index in [1.54, 1.807) is 0 Å². The lowest BCUT2D eigenvalue weighted by Crippen LogP contribution is -2.47. The first kappa shape index (κ1) is 20.4. The lowest BCUT2D eigenvalue weighted by molar-refractivity contribution is 0.111. The SMILES string of the molecule is O=S1(=O)CCC(CN2CCN(Cc3ccc(-c4ccccc4Cl)s3)CC2)CC1. The Morgan fingerprint density at radius 1 is 0.964 bits per heavy atom. The minimum absolute atomic E-state index is 0.379. The first-order valence-corrected chi connectivity index (χ1v) is 13.0. The lowest BCUT2D eigenvalue weighted by Gasteiger charge is -2.37. The average Bonchev–Trinajstić information content (AvgIpc) is 3.14. The third-order valence-electron chi connectivity index (χ3n) is 5.84. The largest absolute Gasteiger partial charge is 0.301 e. The highest BCUT2D eigenvalue weighted by atomic mass is 35.5. The Labute approximate surface area is 177 Å². The molecule has 0 amide bonds. The molecule has 1 aromatic heterocycles. The third kappa shape index (κ3) is 5.16. The lowest BCUT2D eigenvalue weighted by atomic mass is 10.0. The smallest absolute Gasteiger partial charge is 0.150 e. The normalized spacial score (nSPS) is 21.8. The van der Waals surface area contributed by atoms with Gasteiger partial charge in [-0.2, -0.15) is 0 Å². The highest BCUT2D eigenvalue weighted by molar-refractivity contribution is 7.91. The summed E-state index contributed by atoms with van der Waals surface area (Å²) in [7, 11) is -2.75. The van der Waals surface area contributed by atoms with E-state index >= 15 is 0 Å². The first-order valence-electron chi connectivity index (χ1n) is 9.97. The topological polar surface area (TPSA) is 40.6 Å². The van der Waals surface area contributed by atoms with E-state index in [1.165, 1.54) is 9.75 Å². The molecule has 2 aliphatic heterocycles. The second kappa shape index (κ2) is 8.84. The molecule has 0 N–H and O–H groups in total. The highest BCUT2D eigenvalue weighted by Gasteiger charge is 2.26. The molecule has 3 heterocycles. The Kier molecular flexibility index (Phi) is 6.43. The molecule has 2 saturated heterocycles. The zero-order chi connectivity index (χ0) is 19.6. The number of thiophene rings is 1. The van der Waals surface area contributed by atoms with Gasteiger partial charge in [0.15, 0.2) is 0 Å². The van der Waals surface area contributed by atoms with Crippen molar-refractivity contribution in [1.29, 1.82) is 0 Å². The Balaban J connectivity index is 1.26. The summed E-state index contributed by atoms with van der Waals surface area (Å²) in [6.07, 6.45) is 1.67. The van der Waals surface area contributed by atoms with Gasteiger partial charge in [-0.3, -0.25) is 4.90 Å². The fourth-order valence-electron chi connectivity index (χ4n) is 4.11. The predicted molar refractivity (Wildman–Crippen MR) is 118 cm³/mol. The number of halogens is 1. The van der Waals surface area contributed by atoms with Crippen LogP contribution in [0.3, 0.4) is 0 Å². The number of sulfone groups is 1. The van der Waals surface area contributed by atoms with Crippen molar-refractivity contribution in [2.45, 2.75) is 19.4 Å². The maximum absolute atomic E-state index is 11.6. The zero-order valence-electron chi connectivity index (χ0n) is 16.0. The van der Waals surface area contributed by atoms with Crippen LogP contribution in [0, 0.1) is 5.92 Å². The van der Waals surface area contributed by atoms with Gasteiger partial charge in [-0.1, -0.05) is 29.8 Å². The van der Waals surface area contributed by atoms with Crippen molar-refractivity contribution < 1.29 is 8.42 Å². The Bertz CT molecular complexity index is 891. The second-order valence-corrected chi connectivity index (χ2v) is 11.8. The molecule has 7 heteroatoms. The number of hydrogen-bond donors (Lipinski definition) is 0. The van der Waals surface area contributed by atoms with Crippen molar-refractivity contribution >= 4 is 32.8 Å². The molecule has 0 spiro atoms. The molecule has 2 aliphatic rings. The van der Waals surface area contributed by atoms with Gasteiger partial charge < -0.3 is 4.90 Å². The molecule has 0 unspecified atom stereocenters. The van der Waals surface area contributed by atoms with Crippen molar-refractivity contribution in [1.82, 2.24) is 9.80 Å². The molecular formula is C21H27ClN2O2S2. The maximum atomic E-state index is 11.6. The molecule has 2 aromatic rings. The van der Waals surface area contributed by atoms with Gasteiger partial charge in [0, 0.05) is 59.6 Å². The van der Waals surface area contributed by atoms with Crippen LogP contribution in [-0.2, 0) is 16.4 Å². The molecule has 152 valence electrons. The Hall–Kier alpha value is -0.920. The van der Waals surface area contributed by atoms with Gasteiger partial charge in [-0.25, -0.2) is 8.42 Å². The fraction of sp³-hybridized carbons (Fsp3) is 0.524. The third-order valence-corrected chi connectivity index (χ3v) is 8.98. The molecule has 0 bridgehead atoms. The van der Waals surface area contributed by atoms with Crippen molar-refractivity contribution in [3.63, 3.8) is 0 Å². The molecule has 1 aromatic carbocycles. The van der Waals surface area contributed by atoms with Crippen molar-refractivity contribution in [3.05, 3.63) is 46.3 Å². The molecule has 0 atom stereocenters. The average molecular weight is 439 g/mol. The summed E-state index contributed by atoms with van der Waals surface area (Å²) in [5.74, 6) is 1.30. The number of nitrogens with zero attached hydrogens (tertiary/aromatic N) is 2.